The number of nitrogens with one attached hydrogen (secondary N) is 1. The molecule has 0 saturated heterocycles. The minimum Gasteiger partial charge on any atom is -0.477 e. The van der Waals surface area contributed by atoms with E-state index in [0.717, 1.165) is 6.07 Å². The van der Waals surface area contributed by atoms with Gasteiger partial charge in [-0.15, -0.1) is 0 Å². The molecule has 0 aromatic carbocycles. The van der Waals surface area contributed by atoms with Crippen LogP contribution in [0.25, 0.3) is 0 Å². The van der Waals surface area contributed by atoms with Crippen molar-refractivity contribution in [2.45, 2.75) is 24.8 Å². The molecular formula is C12H16N4O4S. The molecular weight excluding hydrogens is 296 g/mol. The highest BCUT2D eigenvalue weighted by atomic mass is 32.2. The normalized spacial score (nSPS) is 11.8. The predicted octanol–water partition coefficient (Wildman–Crippen LogP) is 1.30. The number of sulfonamides is 1. The van der Waals surface area contributed by atoms with Gasteiger partial charge in [-0.1, -0.05) is 0 Å². The molecule has 2 rings (SSSR count). The summed E-state index contributed by atoms with van der Waals surface area (Å²) in [5.74, 6) is -1.19. The van der Waals surface area contributed by atoms with Gasteiger partial charge < -0.3 is 9.67 Å². The van der Waals surface area contributed by atoms with Crippen molar-refractivity contribution < 1.29 is 18.3 Å². The van der Waals surface area contributed by atoms with Crippen LogP contribution in [0.4, 0.5) is 5.69 Å². The van der Waals surface area contributed by atoms with Crippen LogP contribution in [-0.2, 0) is 17.1 Å². The van der Waals surface area contributed by atoms with Crippen molar-refractivity contribution in [2.24, 2.45) is 7.05 Å². The summed E-state index contributed by atoms with van der Waals surface area (Å²) in [5, 5.41) is 13.0. The molecule has 0 atom stereocenters. The minimum absolute atomic E-state index is 0.103. The molecule has 0 unspecified atom stereocenters. The summed E-state index contributed by atoms with van der Waals surface area (Å²) in [7, 11) is -2.38. The third-order valence-electron chi connectivity index (χ3n) is 2.89. The quantitative estimate of drug-likeness (QED) is 0.865. The summed E-state index contributed by atoms with van der Waals surface area (Å²) in [6.07, 6.45) is 4.22. The van der Waals surface area contributed by atoms with Gasteiger partial charge in [0.1, 0.15) is 10.6 Å². The van der Waals surface area contributed by atoms with Gasteiger partial charge in [-0.3, -0.25) is 9.40 Å². The third kappa shape index (κ3) is 3.07. The smallest absolute Gasteiger partial charge is 0.352 e. The summed E-state index contributed by atoms with van der Waals surface area (Å²) < 4.78 is 29.7. The van der Waals surface area contributed by atoms with E-state index in [9.17, 15) is 13.2 Å². The van der Waals surface area contributed by atoms with Gasteiger partial charge in [0.05, 0.1) is 11.9 Å². The Hall–Kier alpha value is -2.29. The van der Waals surface area contributed by atoms with Crippen LogP contribution in [0, 0.1) is 0 Å². The molecule has 8 nitrogen and oxygen atoms in total. The van der Waals surface area contributed by atoms with E-state index < -0.39 is 16.0 Å². The number of aromatic carboxylic acids is 1. The van der Waals surface area contributed by atoms with Crippen molar-refractivity contribution >= 4 is 21.7 Å². The van der Waals surface area contributed by atoms with Crippen molar-refractivity contribution in [1.82, 2.24) is 14.3 Å². The van der Waals surface area contributed by atoms with Gasteiger partial charge >= 0.3 is 5.97 Å². The van der Waals surface area contributed by atoms with Gasteiger partial charge in [0.15, 0.2) is 0 Å². The van der Waals surface area contributed by atoms with Gasteiger partial charge in [0.2, 0.25) is 0 Å². The van der Waals surface area contributed by atoms with Crippen LogP contribution in [0.2, 0.25) is 0 Å². The molecule has 0 aliphatic heterocycles. The number of hydrogen-bond donors (Lipinski definition) is 2. The van der Waals surface area contributed by atoms with Gasteiger partial charge in [-0.2, -0.15) is 5.10 Å². The molecule has 0 saturated carbocycles. The minimum atomic E-state index is -3.85. The van der Waals surface area contributed by atoms with Crippen LogP contribution < -0.4 is 4.72 Å². The molecule has 2 aromatic rings. The Morgan fingerprint density at radius 3 is 2.52 bits per heavy atom. The fraction of sp³-hybridized carbons (Fsp3) is 0.333. The van der Waals surface area contributed by atoms with E-state index in [4.69, 9.17) is 5.11 Å². The third-order valence-corrected chi connectivity index (χ3v) is 4.24. The Morgan fingerprint density at radius 1 is 1.38 bits per heavy atom. The summed E-state index contributed by atoms with van der Waals surface area (Å²) in [6, 6.07) is 1.22. The van der Waals surface area contributed by atoms with Gasteiger partial charge in [0, 0.05) is 25.5 Å². The number of nitrogens with zero attached hydrogens (tertiary/aromatic N) is 3. The summed E-state index contributed by atoms with van der Waals surface area (Å²) in [5.41, 5.74) is 0.220. The fourth-order valence-electron chi connectivity index (χ4n) is 1.78. The molecule has 21 heavy (non-hydrogen) atoms. The lowest BCUT2D eigenvalue weighted by Gasteiger charge is -2.04. The standard InChI is InChI=1S/C12H16N4O4S/c1-8(2)16-6-9(5-13-16)14-21(19,20)10-4-11(12(17)18)15(3)7-10/h4-8,14H,1-3H3,(H,17,18). The van der Waals surface area contributed by atoms with Crippen molar-refractivity contribution in [3.63, 3.8) is 0 Å². The molecule has 0 spiro atoms. The Balaban J connectivity index is 2.29. The van der Waals surface area contributed by atoms with E-state index >= 15 is 0 Å². The van der Waals surface area contributed by atoms with Crippen molar-refractivity contribution in [3.05, 3.63) is 30.4 Å². The molecule has 0 aliphatic carbocycles. The second kappa shape index (κ2) is 5.24. The topological polar surface area (TPSA) is 106 Å². The van der Waals surface area contributed by atoms with E-state index in [2.05, 4.69) is 9.82 Å². The maximum atomic E-state index is 12.2. The number of carboxylic acid groups (broad SMARTS) is 1. The first kappa shape index (κ1) is 15.1. The first-order chi connectivity index (χ1) is 9.70. The molecule has 2 aromatic heterocycles. The summed E-state index contributed by atoms with van der Waals surface area (Å²) in [4.78, 5) is 10.8. The number of hydrogen-bond acceptors (Lipinski definition) is 4. The highest BCUT2D eigenvalue weighted by molar-refractivity contribution is 7.92. The van der Waals surface area contributed by atoms with Crippen molar-refractivity contribution in [1.29, 1.82) is 0 Å². The van der Waals surface area contributed by atoms with Crippen LogP contribution in [-0.4, -0.2) is 33.8 Å². The van der Waals surface area contributed by atoms with Gasteiger partial charge in [-0.05, 0) is 19.9 Å². The number of rotatable bonds is 5. The van der Waals surface area contributed by atoms with E-state index in [1.54, 1.807) is 10.9 Å². The van der Waals surface area contributed by atoms with E-state index in [1.807, 2.05) is 13.8 Å². The van der Waals surface area contributed by atoms with Crippen LogP contribution >= 0.6 is 0 Å². The summed E-state index contributed by atoms with van der Waals surface area (Å²) >= 11 is 0. The second-order valence-electron chi connectivity index (χ2n) is 4.89. The molecule has 2 N–H and O–H groups in total. The maximum absolute atomic E-state index is 12.2. The number of aryl methyl sites for hydroxylation is 1. The fourth-order valence-corrected chi connectivity index (χ4v) is 2.88. The second-order valence-corrected chi connectivity index (χ2v) is 6.57. The van der Waals surface area contributed by atoms with Gasteiger partial charge in [0.25, 0.3) is 10.0 Å². The molecule has 0 aliphatic rings. The SMILES string of the molecule is CC(C)n1cc(NS(=O)(=O)c2cc(C(=O)O)n(C)c2)cn1. The van der Waals surface area contributed by atoms with Crippen molar-refractivity contribution in [3.8, 4) is 0 Å². The van der Waals surface area contributed by atoms with Gasteiger partial charge in [-0.25, -0.2) is 13.2 Å². The first-order valence-corrected chi connectivity index (χ1v) is 7.65. The van der Waals surface area contributed by atoms with Crippen LogP contribution in [0.5, 0.6) is 0 Å². The Kier molecular flexibility index (Phi) is 3.77. The number of anilines is 1. The van der Waals surface area contributed by atoms with E-state index in [0.29, 0.717) is 5.69 Å². The Bertz CT molecular complexity index is 773. The number of carbonyl (C=O) groups is 1. The monoisotopic (exact) mass is 312 g/mol. The molecule has 0 bridgehead atoms. The average molecular weight is 312 g/mol. The number of carboxylic acids is 1. The Morgan fingerprint density at radius 2 is 2.05 bits per heavy atom. The lowest BCUT2D eigenvalue weighted by atomic mass is 10.4. The van der Waals surface area contributed by atoms with Crippen LogP contribution in [0.15, 0.2) is 29.6 Å². The molecule has 9 heteroatoms. The largest absolute Gasteiger partial charge is 0.477 e. The average Bonchev–Trinajstić information content (AvgIpc) is 2.95. The predicted molar refractivity (Wildman–Crippen MR) is 75.8 cm³/mol. The maximum Gasteiger partial charge on any atom is 0.352 e. The van der Waals surface area contributed by atoms with Crippen molar-refractivity contribution in [2.75, 3.05) is 4.72 Å². The lowest BCUT2D eigenvalue weighted by Crippen LogP contribution is -2.12. The summed E-state index contributed by atoms with van der Waals surface area (Å²) in [6.45, 7) is 3.84. The Labute approximate surface area is 122 Å². The molecule has 0 radical (unpaired) electrons. The van der Waals surface area contributed by atoms with Crippen LogP contribution in [0.1, 0.15) is 30.4 Å². The zero-order chi connectivity index (χ0) is 15.8. The zero-order valence-corrected chi connectivity index (χ0v) is 12.6. The molecule has 0 amide bonds. The lowest BCUT2D eigenvalue weighted by molar-refractivity contribution is 0.0686. The van der Waals surface area contributed by atoms with E-state index in [-0.39, 0.29) is 16.6 Å². The molecule has 2 heterocycles. The highest BCUT2D eigenvalue weighted by Crippen LogP contribution is 2.18. The molecule has 0 fully saturated rings. The number of aromatic nitrogens is 3. The zero-order valence-electron chi connectivity index (χ0n) is 11.8. The van der Waals surface area contributed by atoms with E-state index in [1.165, 1.54) is 24.0 Å². The van der Waals surface area contributed by atoms with Crippen LogP contribution in [0.3, 0.4) is 0 Å². The molecule has 114 valence electrons. The highest BCUT2D eigenvalue weighted by Gasteiger charge is 2.21. The first-order valence-electron chi connectivity index (χ1n) is 6.17.